The third-order valence-corrected chi connectivity index (χ3v) is 3.15. The molecule has 1 unspecified atom stereocenters. The van der Waals surface area contributed by atoms with Gasteiger partial charge >= 0.3 is 0 Å². The smallest absolute Gasteiger partial charge is 0.261 e. The minimum Gasteiger partial charge on any atom is -0.334 e. The fourth-order valence-corrected chi connectivity index (χ4v) is 1.57. The third-order valence-electron chi connectivity index (χ3n) is 2.85. The lowest BCUT2D eigenvalue weighted by atomic mass is 10.00. The Morgan fingerprint density at radius 2 is 2.22 bits per heavy atom. The second-order valence-electron chi connectivity index (χ2n) is 4.30. The summed E-state index contributed by atoms with van der Waals surface area (Å²) in [4.78, 5) is 4.12. The molecule has 0 aliphatic heterocycles. The summed E-state index contributed by atoms with van der Waals surface area (Å²) in [6.45, 7) is 3.70. The molecule has 0 bridgehead atoms. The molecule has 1 aromatic heterocycles. The first kappa shape index (κ1) is 13.0. The van der Waals surface area contributed by atoms with E-state index in [4.69, 9.17) is 21.9 Å². The van der Waals surface area contributed by atoms with Gasteiger partial charge in [-0.2, -0.15) is 4.98 Å². The molecule has 0 spiro atoms. The molecule has 4 nitrogen and oxygen atoms in total. The van der Waals surface area contributed by atoms with Crippen LogP contribution in [0.3, 0.4) is 0 Å². The van der Waals surface area contributed by atoms with Crippen molar-refractivity contribution in [3.05, 3.63) is 34.9 Å². The summed E-state index contributed by atoms with van der Waals surface area (Å²) < 4.78 is 18.8. The number of benzene rings is 1. The van der Waals surface area contributed by atoms with Crippen LogP contribution in [0.15, 0.2) is 22.7 Å². The quantitative estimate of drug-likeness (QED) is 0.930. The maximum absolute atomic E-state index is 13.8. The molecular weight excluding hydrogens is 257 g/mol. The molecule has 0 saturated carbocycles. The lowest BCUT2D eigenvalue weighted by Gasteiger charge is -2.16. The van der Waals surface area contributed by atoms with Crippen molar-refractivity contribution in [2.75, 3.05) is 0 Å². The molecule has 0 aliphatic carbocycles. The SMILES string of the molecule is CCC(C)(N)c1noc(-c2cccc(Cl)c2F)n1. The van der Waals surface area contributed by atoms with Crippen molar-refractivity contribution >= 4 is 11.6 Å². The first-order chi connectivity index (χ1) is 8.45. The zero-order chi connectivity index (χ0) is 13.3. The molecule has 0 amide bonds. The Hall–Kier alpha value is -1.46. The largest absolute Gasteiger partial charge is 0.334 e. The topological polar surface area (TPSA) is 64.9 Å². The number of aromatic nitrogens is 2. The van der Waals surface area contributed by atoms with Gasteiger partial charge in [-0.3, -0.25) is 0 Å². The Morgan fingerprint density at radius 1 is 1.50 bits per heavy atom. The van der Waals surface area contributed by atoms with E-state index in [1.165, 1.54) is 12.1 Å². The number of nitrogens with two attached hydrogens (primary N) is 1. The fraction of sp³-hybridized carbons (Fsp3) is 0.333. The molecule has 0 aliphatic rings. The highest BCUT2D eigenvalue weighted by Crippen LogP contribution is 2.28. The zero-order valence-corrected chi connectivity index (χ0v) is 10.8. The van der Waals surface area contributed by atoms with E-state index in [1.54, 1.807) is 13.0 Å². The Bertz CT molecular complexity index is 568. The first-order valence-corrected chi connectivity index (χ1v) is 5.91. The van der Waals surface area contributed by atoms with E-state index in [0.29, 0.717) is 12.2 Å². The van der Waals surface area contributed by atoms with Crippen LogP contribution < -0.4 is 5.73 Å². The molecule has 1 atom stereocenters. The third kappa shape index (κ3) is 2.23. The van der Waals surface area contributed by atoms with Crippen LogP contribution in [0.1, 0.15) is 26.1 Å². The lowest BCUT2D eigenvalue weighted by molar-refractivity contribution is 0.378. The Balaban J connectivity index is 2.45. The van der Waals surface area contributed by atoms with E-state index in [2.05, 4.69) is 10.1 Å². The molecule has 0 fully saturated rings. The zero-order valence-electron chi connectivity index (χ0n) is 10.1. The van der Waals surface area contributed by atoms with Gasteiger partial charge in [0.25, 0.3) is 5.89 Å². The number of rotatable bonds is 3. The first-order valence-electron chi connectivity index (χ1n) is 5.53. The van der Waals surface area contributed by atoms with Crippen LogP contribution in [0.4, 0.5) is 4.39 Å². The molecule has 2 rings (SSSR count). The number of hydrogen-bond acceptors (Lipinski definition) is 4. The van der Waals surface area contributed by atoms with Crippen molar-refractivity contribution in [1.29, 1.82) is 0 Å². The standard InChI is InChI=1S/C12H13ClFN3O/c1-3-12(2,15)11-16-10(18-17-11)7-5-4-6-8(13)9(7)14/h4-6H,3,15H2,1-2H3. The summed E-state index contributed by atoms with van der Waals surface area (Å²) >= 11 is 5.70. The van der Waals surface area contributed by atoms with Crippen LogP contribution >= 0.6 is 11.6 Å². The second kappa shape index (κ2) is 4.66. The van der Waals surface area contributed by atoms with Gasteiger partial charge in [-0.25, -0.2) is 4.39 Å². The van der Waals surface area contributed by atoms with E-state index >= 15 is 0 Å². The molecular formula is C12H13ClFN3O. The minimum absolute atomic E-state index is 0.0123. The maximum atomic E-state index is 13.8. The fourth-order valence-electron chi connectivity index (χ4n) is 1.39. The molecule has 0 radical (unpaired) electrons. The molecule has 2 N–H and O–H groups in total. The average molecular weight is 270 g/mol. The molecule has 18 heavy (non-hydrogen) atoms. The molecule has 1 aromatic carbocycles. The Kier molecular flexibility index (Phi) is 3.36. The van der Waals surface area contributed by atoms with E-state index < -0.39 is 11.4 Å². The van der Waals surface area contributed by atoms with Gasteiger partial charge in [0.15, 0.2) is 11.6 Å². The van der Waals surface area contributed by atoms with Gasteiger partial charge in [-0.1, -0.05) is 29.7 Å². The van der Waals surface area contributed by atoms with Crippen molar-refractivity contribution < 1.29 is 8.91 Å². The summed E-state index contributed by atoms with van der Waals surface area (Å²) in [6, 6.07) is 4.60. The summed E-state index contributed by atoms with van der Waals surface area (Å²) in [5, 5.41) is 3.80. The summed E-state index contributed by atoms with van der Waals surface area (Å²) in [7, 11) is 0. The van der Waals surface area contributed by atoms with Crippen molar-refractivity contribution in [3.8, 4) is 11.5 Å². The van der Waals surface area contributed by atoms with Crippen molar-refractivity contribution in [1.82, 2.24) is 10.1 Å². The average Bonchev–Trinajstić information content (AvgIpc) is 2.82. The predicted octanol–water partition coefficient (Wildman–Crippen LogP) is 3.11. The lowest BCUT2D eigenvalue weighted by Crippen LogP contribution is -2.33. The van der Waals surface area contributed by atoms with Crippen LogP contribution in [-0.4, -0.2) is 10.1 Å². The minimum atomic E-state index is -0.698. The van der Waals surface area contributed by atoms with Crippen molar-refractivity contribution in [2.24, 2.45) is 5.73 Å². The number of nitrogens with zero attached hydrogens (tertiary/aromatic N) is 2. The van der Waals surface area contributed by atoms with E-state index in [9.17, 15) is 4.39 Å². The van der Waals surface area contributed by atoms with Gasteiger partial charge in [0.1, 0.15) is 0 Å². The van der Waals surface area contributed by atoms with Crippen LogP contribution in [0.5, 0.6) is 0 Å². The monoisotopic (exact) mass is 269 g/mol. The highest BCUT2D eigenvalue weighted by molar-refractivity contribution is 6.31. The van der Waals surface area contributed by atoms with Crippen LogP contribution in [0.2, 0.25) is 5.02 Å². The highest BCUT2D eigenvalue weighted by atomic mass is 35.5. The highest BCUT2D eigenvalue weighted by Gasteiger charge is 2.26. The predicted molar refractivity (Wildman–Crippen MR) is 66.5 cm³/mol. The number of halogens is 2. The Labute approximate surface area is 109 Å². The Morgan fingerprint density at radius 3 is 2.89 bits per heavy atom. The van der Waals surface area contributed by atoms with Crippen molar-refractivity contribution in [3.63, 3.8) is 0 Å². The normalized spacial score (nSPS) is 14.5. The van der Waals surface area contributed by atoms with E-state index in [1.807, 2.05) is 6.92 Å². The van der Waals surface area contributed by atoms with Crippen molar-refractivity contribution in [2.45, 2.75) is 25.8 Å². The summed E-state index contributed by atoms with van der Waals surface area (Å²) in [5.74, 6) is -0.154. The molecule has 0 saturated heterocycles. The van der Waals surface area contributed by atoms with Gasteiger partial charge in [0.05, 0.1) is 16.1 Å². The number of hydrogen-bond donors (Lipinski definition) is 1. The molecule has 96 valence electrons. The van der Waals surface area contributed by atoms with Gasteiger partial charge in [0.2, 0.25) is 0 Å². The van der Waals surface area contributed by atoms with E-state index in [0.717, 1.165) is 0 Å². The van der Waals surface area contributed by atoms with Gasteiger partial charge in [-0.05, 0) is 25.5 Å². The van der Waals surface area contributed by atoms with Gasteiger partial charge in [-0.15, -0.1) is 0 Å². The van der Waals surface area contributed by atoms with Crippen LogP contribution in [0.25, 0.3) is 11.5 Å². The molecule has 6 heteroatoms. The van der Waals surface area contributed by atoms with Gasteiger partial charge in [0, 0.05) is 0 Å². The second-order valence-corrected chi connectivity index (χ2v) is 4.70. The van der Waals surface area contributed by atoms with Crippen LogP contribution in [0, 0.1) is 5.82 Å². The molecule has 2 aromatic rings. The van der Waals surface area contributed by atoms with Crippen LogP contribution in [-0.2, 0) is 5.54 Å². The summed E-state index contributed by atoms with van der Waals surface area (Å²) in [6.07, 6.45) is 0.643. The summed E-state index contributed by atoms with van der Waals surface area (Å²) in [5.41, 5.74) is 5.47. The molecule has 1 heterocycles. The maximum Gasteiger partial charge on any atom is 0.261 e. The van der Waals surface area contributed by atoms with E-state index in [-0.39, 0.29) is 16.5 Å². The van der Waals surface area contributed by atoms with Gasteiger partial charge < -0.3 is 10.3 Å².